The average molecular weight is 475 g/mol. The van der Waals surface area contributed by atoms with E-state index in [1.54, 1.807) is 24.3 Å². The van der Waals surface area contributed by atoms with Crippen molar-refractivity contribution >= 4 is 17.7 Å². The lowest BCUT2D eigenvalue weighted by Gasteiger charge is -2.21. The normalized spacial score (nSPS) is 13.4. The van der Waals surface area contributed by atoms with E-state index in [-0.39, 0.29) is 36.7 Å². The number of hydrogen-bond acceptors (Lipinski definition) is 3. The zero-order valence-corrected chi connectivity index (χ0v) is 19.8. The summed E-state index contributed by atoms with van der Waals surface area (Å²) in [7, 11) is 0. The quantitative estimate of drug-likeness (QED) is 0.336. The minimum atomic E-state index is -0.303. The van der Waals surface area contributed by atoms with Gasteiger partial charge in [-0.05, 0) is 40.8 Å². The van der Waals surface area contributed by atoms with Crippen LogP contribution in [0.3, 0.4) is 0 Å². The third-order valence-corrected chi connectivity index (χ3v) is 6.45. The largest absolute Gasteiger partial charge is 0.345 e. The van der Waals surface area contributed by atoms with Crippen molar-refractivity contribution in [1.82, 2.24) is 10.2 Å². The fourth-order valence-electron chi connectivity index (χ4n) is 4.58. The number of fused-ring (bicyclic) bond motifs is 1. The van der Waals surface area contributed by atoms with Crippen LogP contribution in [0.5, 0.6) is 0 Å². The van der Waals surface area contributed by atoms with Gasteiger partial charge in [0.25, 0.3) is 11.8 Å². The number of hydrogen-bond donors (Lipinski definition) is 1. The first kappa shape index (κ1) is 23.2. The summed E-state index contributed by atoms with van der Waals surface area (Å²) in [6.07, 6.45) is 0.602. The smallest absolute Gasteiger partial charge is 0.261 e. The molecule has 4 aromatic carbocycles. The minimum absolute atomic E-state index is 0.132. The molecule has 36 heavy (non-hydrogen) atoms. The Kier molecular flexibility index (Phi) is 6.72. The van der Waals surface area contributed by atoms with Crippen LogP contribution in [0.1, 0.15) is 50.7 Å². The molecule has 5 nitrogen and oxygen atoms in total. The van der Waals surface area contributed by atoms with Gasteiger partial charge in [0.2, 0.25) is 5.91 Å². The molecule has 1 atom stereocenters. The van der Waals surface area contributed by atoms with Gasteiger partial charge in [-0.3, -0.25) is 19.3 Å². The summed E-state index contributed by atoms with van der Waals surface area (Å²) in [5.74, 6) is -0.721. The van der Waals surface area contributed by atoms with Gasteiger partial charge in [0, 0.05) is 13.0 Å². The molecule has 0 saturated heterocycles. The van der Waals surface area contributed by atoms with E-state index in [2.05, 4.69) is 29.6 Å². The maximum absolute atomic E-state index is 12.9. The van der Waals surface area contributed by atoms with Crippen molar-refractivity contribution in [2.24, 2.45) is 0 Å². The van der Waals surface area contributed by atoms with Crippen LogP contribution in [-0.2, 0) is 4.79 Å². The van der Waals surface area contributed by atoms with Crippen molar-refractivity contribution in [3.05, 3.63) is 131 Å². The maximum atomic E-state index is 12.9. The predicted octanol–water partition coefficient (Wildman–Crippen LogP) is 5.64. The van der Waals surface area contributed by atoms with Crippen molar-refractivity contribution in [1.29, 1.82) is 0 Å². The first-order valence-electron chi connectivity index (χ1n) is 12.1. The van der Waals surface area contributed by atoms with Crippen molar-refractivity contribution in [3.8, 4) is 11.1 Å². The van der Waals surface area contributed by atoms with Crippen LogP contribution in [-0.4, -0.2) is 29.2 Å². The Morgan fingerprint density at radius 2 is 1.14 bits per heavy atom. The molecule has 1 heterocycles. The molecule has 178 valence electrons. The zero-order valence-electron chi connectivity index (χ0n) is 19.8. The molecule has 5 rings (SSSR count). The summed E-state index contributed by atoms with van der Waals surface area (Å²) in [6.45, 7) is 0.210. The van der Waals surface area contributed by atoms with Gasteiger partial charge in [0.05, 0.1) is 17.2 Å². The second-order valence-corrected chi connectivity index (χ2v) is 8.81. The Morgan fingerprint density at radius 3 is 1.75 bits per heavy atom. The maximum Gasteiger partial charge on any atom is 0.261 e. The lowest BCUT2D eigenvalue weighted by atomic mass is 9.96. The van der Waals surface area contributed by atoms with E-state index in [0.29, 0.717) is 17.5 Å². The highest BCUT2D eigenvalue weighted by atomic mass is 16.2. The molecule has 0 bridgehead atoms. The fraction of sp³-hybridized carbons (Fsp3) is 0.129. The molecular weight excluding hydrogens is 448 g/mol. The van der Waals surface area contributed by atoms with Crippen LogP contribution in [0.4, 0.5) is 0 Å². The van der Waals surface area contributed by atoms with Crippen LogP contribution < -0.4 is 5.32 Å². The van der Waals surface area contributed by atoms with Gasteiger partial charge < -0.3 is 5.32 Å². The summed E-state index contributed by atoms with van der Waals surface area (Å²) in [5, 5.41) is 3.15. The average Bonchev–Trinajstić information content (AvgIpc) is 3.18. The molecule has 0 fully saturated rings. The van der Waals surface area contributed by atoms with Crippen molar-refractivity contribution < 1.29 is 14.4 Å². The Bertz CT molecular complexity index is 1350. The summed E-state index contributed by atoms with van der Waals surface area (Å²) >= 11 is 0. The van der Waals surface area contributed by atoms with Crippen LogP contribution in [0.25, 0.3) is 11.1 Å². The van der Waals surface area contributed by atoms with Crippen molar-refractivity contribution in [3.63, 3.8) is 0 Å². The second-order valence-electron chi connectivity index (χ2n) is 8.81. The molecule has 1 unspecified atom stereocenters. The van der Waals surface area contributed by atoms with Crippen LogP contribution in [0.15, 0.2) is 109 Å². The molecule has 0 spiro atoms. The molecule has 0 aromatic heterocycles. The Hall–Kier alpha value is -4.51. The summed E-state index contributed by atoms with van der Waals surface area (Å²) in [5.41, 5.74) is 5.06. The predicted molar refractivity (Wildman–Crippen MR) is 139 cm³/mol. The molecule has 0 aliphatic carbocycles. The molecule has 5 heteroatoms. The number of imide groups is 1. The molecule has 0 radical (unpaired) electrons. The highest BCUT2D eigenvalue weighted by Gasteiger charge is 2.34. The van der Waals surface area contributed by atoms with Crippen LogP contribution in [0.2, 0.25) is 0 Å². The van der Waals surface area contributed by atoms with Gasteiger partial charge in [0.15, 0.2) is 0 Å². The van der Waals surface area contributed by atoms with Gasteiger partial charge in [0.1, 0.15) is 0 Å². The van der Waals surface area contributed by atoms with E-state index in [1.807, 2.05) is 60.7 Å². The number of nitrogens with zero attached hydrogens (tertiary/aromatic N) is 1. The molecule has 0 saturated carbocycles. The van der Waals surface area contributed by atoms with Crippen LogP contribution >= 0.6 is 0 Å². The summed E-state index contributed by atoms with van der Waals surface area (Å²) in [6, 6.07) is 34.7. The Balaban J connectivity index is 1.25. The highest BCUT2D eigenvalue weighted by Crippen LogP contribution is 2.26. The molecule has 4 aromatic rings. The highest BCUT2D eigenvalue weighted by molar-refractivity contribution is 6.21. The lowest BCUT2D eigenvalue weighted by molar-refractivity contribution is -0.121. The number of amides is 3. The van der Waals surface area contributed by atoms with E-state index < -0.39 is 0 Å². The number of rotatable bonds is 8. The zero-order chi connectivity index (χ0) is 24.9. The first-order valence-corrected chi connectivity index (χ1v) is 12.1. The third-order valence-electron chi connectivity index (χ3n) is 6.45. The number of carbonyl (C=O) groups is 3. The number of benzene rings is 4. The Labute approximate surface area is 210 Å². The van der Waals surface area contributed by atoms with Crippen molar-refractivity contribution in [2.45, 2.75) is 18.9 Å². The molecule has 1 aliphatic heterocycles. The number of nitrogens with one attached hydrogen (secondary N) is 1. The molecule has 1 aliphatic rings. The van der Waals surface area contributed by atoms with E-state index in [0.717, 1.165) is 22.3 Å². The minimum Gasteiger partial charge on any atom is -0.345 e. The van der Waals surface area contributed by atoms with Gasteiger partial charge in [-0.15, -0.1) is 0 Å². The monoisotopic (exact) mass is 474 g/mol. The fourth-order valence-corrected chi connectivity index (χ4v) is 4.58. The molecule has 1 N–H and O–H groups in total. The molecule has 3 amide bonds. The number of carbonyl (C=O) groups excluding carboxylic acids is 3. The van der Waals surface area contributed by atoms with Crippen molar-refractivity contribution in [2.75, 3.05) is 6.54 Å². The van der Waals surface area contributed by atoms with E-state index in [9.17, 15) is 14.4 Å². The Morgan fingerprint density at radius 1 is 0.639 bits per heavy atom. The van der Waals surface area contributed by atoms with Gasteiger partial charge >= 0.3 is 0 Å². The van der Waals surface area contributed by atoms with Gasteiger partial charge in [-0.25, -0.2) is 0 Å². The third kappa shape index (κ3) is 4.82. The SMILES string of the molecule is O=C(CCCN1C(=O)c2ccccc2C1=O)NC(c1ccccc1)c1ccc(-c2ccccc2)cc1. The molecular formula is C31H26N2O3. The second kappa shape index (κ2) is 10.4. The lowest BCUT2D eigenvalue weighted by Crippen LogP contribution is -2.33. The van der Waals surface area contributed by atoms with E-state index in [1.165, 1.54) is 4.90 Å². The topological polar surface area (TPSA) is 66.5 Å². The standard InChI is InChI=1S/C31H26N2O3/c34-28(16-9-21-33-30(35)26-14-7-8-15-27(26)31(33)36)32-29(24-12-5-2-6-13-24)25-19-17-23(18-20-25)22-10-3-1-4-11-22/h1-8,10-15,17-20,29H,9,16,21H2,(H,32,34). The first-order chi connectivity index (χ1) is 17.6. The van der Waals surface area contributed by atoms with Crippen LogP contribution in [0, 0.1) is 0 Å². The van der Waals surface area contributed by atoms with Gasteiger partial charge in [-0.1, -0.05) is 97.1 Å². The summed E-state index contributed by atoms with van der Waals surface area (Å²) < 4.78 is 0. The summed E-state index contributed by atoms with van der Waals surface area (Å²) in [4.78, 5) is 39.3. The van der Waals surface area contributed by atoms with E-state index in [4.69, 9.17) is 0 Å². The van der Waals surface area contributed by atoms with E-state index >= 15 is 0 Å². The van der Waals surface area contributed by atoms with Gasteiger partial charge in [-0.2, -0.15) is 0 Å².